The Morgan fingerprint density at radius 3 is 3.10 bits per heavy atom. The number of aryl methyl sites for hydroxylation is 1. The van der Waals surface area contributed by atoms with Crippen LogP contribution in [0.25, 0.3) is 11.0 Å². The Balaban J connectivity index is 2.07. The predicted octanol–water partition coefficient (Wildman–Crippen LogP) is 3.70. The molecule has 108 valence electrons. The third kappa shape index (κ3) is 2.42. The van der Waals surface area contributed by atoms with Gasteiger partial charge in [-0.1, -0.05) is 0 Å². The number of ether oxygens (including phenoxy) is 1. The van der Waals surface area contributed by atoms with Gasteiger partial charge >= 0.3 is 0 Å². The number of benzene rings is 1. The first kappa shape index (κ1) is 13.8. The molecule has 0 N–H and O–H groups in total. The standard InChI is InChI=1S/C15H18ClFN2O/c1-10(14-3-2-8-20-14)19-13-5-4-11(17)9-12(13)18-15(19)6-7-16/h4-5,9-10,14H,2-3,6-8H2,1H3. The highest BCUT2D eigenvalue weighted by Gasteiger charge is 2.26. The van der Waals surface area contributed by atoms with Crippen molar-refractivity contribution in [1.29, 1.82) is 0 Å². The van der Waals surface area contributed by atoms with E-state index >= 15 is 0 Å². The molecule has 2 unspecified atom stereocenters. The zero-order valence-electron chi connectivity index (χ0n) is 11.5. The van der Waals surface area contributed by atoms with E-state index in [9.17, 15) is 4.39 Å². The lowest BCUT2D eigenvalue weighted by Crippen LogP contribution is -2.22. The lowest BCUT2D eigenvalue weighted by atomic mass is 10.1. The summed E-state index contributed by atoms with van der Waals surface area (Å²) in [6.07, 6.45) is 3.03. The number of aromatic nitrogens is 2. The zero-order valence-corrected chi connectivity index (χ0v) is 12.2. The van der Waals surface area contributed by atoms with E-state index in [-0.39, 0.29) is 18.0 Å². The highest BCUT2D eigenvalue weighted by atomic mass is 35.5. The molecule has 2 heterocycles. The van der Waals surface area contributed by atoms with Gasteiger partial charge in [0.2, 0.25) is 0 Å². The summed E-state index contributed by atoms with van der Waals surface area (Å²) in [6, 6.07) is 4.94. The fourth-order valence-electron chi connectivity index (χ4n) is 2.99. The van der Waals surface area contributed by atoms with Crippen LogP contribution in [0.4, 0.5) is 4.39 Å². The second kappa shape index (κ2) is 5.70. The van der Waals surface area contributed by atoms with Crippen LogP contribution in [0.1, 0.15) is 31.6 Å². The molecule has 1 fully saturated rings. The van der Waals surface area contributed by atoms with Gasteiger partial charge in [0.25, 0.3) is 0 Å². The lowest BCUT2D eigenvalue weighted by Gasteiger charge is -2.23. The fourth-order valence-corrected chi connectivity index (χ4v) is 3.16. The summed E-state index contributed by atoms with van der Waals surface area (Å²) in [7, 11) is 0. The summed E-state index contributed by atoms with van der Waals surface area (Å²) in [5.74, 6) is 1.15. The van der Waals surface area contributed by atoms with E-state index in [0.29, 0.717) is 17.8 Å². The SMILES string of the molecule is CC(C1CCCO1)n1c(CCCl)nc2cc(F)ccc21. The van der Waals surface area contributed by atoms with Gasteiger partial charge in [0.15, 0.2) is 0 Å². The maximum Gasteiger partial charge on any atom is 0.125 e. The van der Waals surface area contributed by atoms with Gasteiger partial charge in [-0.05, 0) is 31.9 Å². The molecule has 0 saturated carbocycles. The molecule has 0 radical (unpaired) electrons. The molecule has 0 bridgehead atoms. The Morgan fingerprint density at radius 2 is 2.40 bits per heavy atom. The van der Waals surface area contributed by atoms with Gasteiger partial charge in [-0.3, -0.25) is 0 Å². The Hall–Kier alpha value is -1.13. The Labute approximate surface area is 122 Å². The monoisotopic (exact) mass is 296 g/mol. The zero-order chi connectivity index (χ0) is 14.1. The fraction of sp³-hybridized carbons (Fsp3) is 0.533. The van der Waals surface area contributed by atoms with E-state index in [1.807, 2.05) is 0 Å². The van der Waals surface area contributed by atoms with Gasteiger partial charge in [0.1, 0.15) is 11.6 Å². The topological polar surface area (TPSA) is 27.1 Å². The molecule has 1 saturated heterocycles. The van der Waals surface area contributed by atoms with Crippen LogP contribution in [0, 0.1) is 5.82 Å². The van der Waals surface area contributed by atoms with E-state index in [1.165, 1.54) is 12.1 Å². The van der Waals surface area contributed by atoms with Crippen molar-refractivity contribution in [2.24, 2.45) is 0 Å². The highest BCUT2D eigenvalue weighted by Crippen LogP contribution is 2.29. The summed E-state index contributed by atoms with van der Waals surface area (Å²) in [6.45, 7) is 2.96. The molecular formula is C15H18ClFN2O. The number of nitrogens with zero attached hydrogens (tertiary/aromatic N) is 2. The third-order valence-corrected chi connectivity index (χ3v) is 4.14. The molecule has 3 rings (SSSR count). The molecular weight excluding hydrogens is 279 g/mol. The van der Waals surface area contributed by atoms with Crippen LogP contribution in [-0.4, -0.2) is 28.1 Å². The van der Waals surface area contributed by atoms with E-state index in [2.05, 4.69) is 16.5 Å². The van der Waals surface area contributed by atoms with Crippen LogP contribution < -0.4 is 0 Å². The number of halogens is 2. The van der Waals surface area contributed by atoms with Crippen molar-refractivity contribution in [2.75, 3.05) is 12.5 Å². The van der Waals surface area contributed by atoms with Crippen molar-refractivity contribution >= 4 is 22.6 Å². The molecule has 2 atom stereocenters. The summed E-state index contributed by atoms with van der Waals surface area (Å²) in [5, 5.41) is 0. The van der Waals surface area contributed by atoms with E-state index in [4.69, 9.17) is 16.3 Å². The van der Waals surface area contributed by atoms with Crippen LogP contribution in [0.15, 0.2) is 18.2 Å². The quantitative estimate of drug-likeness (QED) is 0.805. The van der Waals surface area contributed by atoms with Crippen molar-refractivity contribution in [3.8, 4) is 0 Å². The number of rotatable bonds is 4. The second-order valence-electron chi connectivity index (χ2n) is 5.26. The first-order chi connectivity index (χ1) is 9.70. The number of hydrogen-bond acceptors (Lipinski definition) is 2. The molecule has 1 aliphatic heterocycles. The van der Waals surface area contributed by atoms with E-state index in [1.54, 1.807) is 6.07 Å². The van der Waals surface area contributed by atoms with E-state index < -0.39 is 0 Å². The van der Waals surface area contributed by atoms with Crippen molar-refractivity contribution < 1.29 is 9.13 Å². The van der Waals surface area contributed by atoms with Crippen LogP contribution in [0.2, 0.25) is 0 Å². The molecule has 0 aliphatic carbocycles. The molecule has 1 aromatic carbocycles. The molecule has 1 aliphatic rings. The molecule has 20 heavy (non-hydrogen) atoms. The summed E-state index contributed by atoms with van der Waals surface area (Å²) >= 11 is 5.87. The van der Waals surface area contributed by atoms with Crippen molar-refractivity contribution in [1.82, 2.24) is 9.55 Å². The van der Waals surface area contributed by atoms with Gasteiger partial charge in [-0.25, -0.2) is 9.37 Å². The number of imidazole rings is 1. The lowest BCUT2D eigenvalue weighted by molar-refractivity contribution is 0.0736. The maximum atomic E-state index is 13.4. The van der Waals surface area contributed by atoms with Crippen molar-refractivity contribution in [2.45, 2.75) is 38.3 Å². The molecule has 5 heteroatoms. The van der Waals surface area contributed by atoms with Gasteiger partial charge in [-0.15, -0.1) is 11.6 Å². The minimum absolute atomic E-state index is 0.186. The molecule has 1 aromatic heterocycles. The molecule has 3 nitrogen and oxygen atoms in total. The summed E-state index contributed by atoms with van der Waals surface area (Å²) in [5.41, 5.74) is 1.64. The van der Waals surface area contributed by atoms with Crippen LogP contribution in [-0.2, 0) is 11.2 Å². The first-order valence-electron chi connectivity index (χ1n) is 7.04. The average Bonchev–Trinajstić information content (AvgIpc) is 3.05. The molecule has 0 amide bonds. The van der Waals surface area contributed by atoms with Crippen LogP contribution in [0.5, 0.6) is 0 Å². The van der Waals surface area contributed by atoms with Gasteiger partial charge < -0.3 is 9.30 Å². The molecule has 0 spiro atoms. The molecule has 2 aromatic rings. The first-order valence-corrected chi connectivity index (χ1v) is 7.58. The number of alkyl halides is 1. The second-order valence-corrected chi connectivity index (χ2v) is 5.64. The maximum absolute atomic E-state index is 13.4. The van der Waals surface area contributed by atoms with Crippen molar-refractivity contribution in [3.63, 3.8) is 0 Å². The highest BCUT2D eigenvalue weighted by molar-refractivity contribution is 6.17. The average molecular weight is 297 g/mol. The minimum atomic E-state index is -0.260. The van der Waals surface area contributed by atoms with Crippen molar-refractivity contribution in [3.05, 3.63) is 29.8 Å². The normalized spacial score (nSPS) is 20.6. The largest absolute Gasteiger partial charge is 0.376 e. The van der Waals surface area contributed by atoms with Crippen LogP contribution >= 0.6 is 11.6 Å². The Morgan fingerprint density at radius 1 is 1.55 bits per heavy atom. The van der Waals surface area contributed by atoms with Gasteiger partial charge in [-0.2, -0.15) is 0 Å². The number of fused-ring (bicyclic) bond motifs is 1. The number of hydrogen-bond donors (Lipinski definition) is 0. The third-order valence-electron chi connectivity index (χ3n) is 3.95. The van der Waals surface area contributed by atoms with Gasteiger partial charge in [0.05, 0.1) is 23.2 Å². The smallest absolute Gasteiger partial charge is 0.125 e. The van der Waals surface area contributed by atoms with Crippen LogP contribution in [0.3, 0.4) is 0 Å². The Bertz CT molecular complexity index is 607. The predicted molar refractivity (Wildman–Crippen MR) is 77.8 cm³/mol. The summed E-state index contributed by atoms with van der Waals surface area (Å²) < 4.78 is 21.3. The minimum Gasteiger partial charge on any atom is -0.376 e. The summed E-state index contributed by atoms with van der Waals surface area (Å²) in [4.78, 5) is 4.54. The Kier molecular flexibility index (Phi) is 3.94. The van der Waals surface area contributed by atoms with E-state index in [0.717, 1.165) is 30.8 Å². The van der Waals surface area contributed by atoms with Gasteiger partial charge in [0, 0.05) is 25.0 Å².